The van der Waals surface area contributed by atoms with E-state index in [0.717, 1.165) is 16.6 Å². The van der Waals surface area contributed by atoms with Gasteiger partial charge in [-0.05, 0) is 11.5 Å². The molecule has 0 amide bonds. The van der Waals surface area contributed by atoms with Gasteiger partial charge in [-0.15, -0.1) is 0 Å². The molecule has 0 spiro atoms. The largest absolute Gasteiger partial charge is 0.275 e. The minimum absolute atomic E-state index is 0.482. The third-order valence-corrected chi connectivity index (χ3v) is 2.27. The molecule has 1 N–H and O–H groups in total. The second kappa shape index (κ2) is 7.47. The Morgan fingerprint density at radius 3 is 2.62 bits per heavy atom. The van der Waals surface area contributed by atoms with Crippen LogP contribution in [0, 0.1) is 5.92 Å². The summed E-state index contributed by atoms with van der Waals surface area (Å²) in [6, 6.07) is 10.2. The number of hydroxylamine groups is 1. The lowest BCUT2D eigenvalue weighted by Crippen LogP contribution is -2.15. The highest BCUT2D eigenvalue weighted by Gasteiger charge is 2.01. The molecular formula is C13H18BrNO. The monoisotopic (exact) mass is 283 g/mol. The number of hydrogen-bond donors (Lipinski definition) is 1. The fourth-order valence-corrected chi connectivity index (χ4v) is 1.47. The van der Waals surface area contributed by atoms with Gasteiger partial charge in [-0.3, -0.25) is 10.3 Å². The van der Waals surface area contributed by atoms with Crippen LogP contribution in [-0.2, 0) is 4.84 Å². The Kier molecular flexibility index (Phi) is 6.19. The highest BCUT2D eigenvalue weighted by atomic mass is 79.9. The lowest BCUT2D eigenvalue weighted by Gasteiger charge is -2.12. The first-order chi connectivity index (χ1) is 7.74. The maximum atomic E-state index is 5.34. The molecule has 0 saturated heterocycles. The van der Waals surface area contributed by atoms with Crippen LogP contribution in [0.25, 0.3) is 5.70 Å². The minimum Gasteiger partial charge on any atom is -0.275 e. The van der Waals surface area contributed by atoms with Crippen molar-refractivity contribution in [1.29, 1.82) is 0 Å². The van der Waals surface area contributed by atoms with Crippen molar-refractivity contribution in [3.8, 4) is 0 Å². The van der Waals surface area contributed by atoms with Gasteiger partial charge in [0.15, 0.2) is 0 Å². The quantitative estimate of drug-likeness (QED) is 0.489. The third kappa shape index (κ3) is 4.81. The van der Waals surface area contributed by atoms with E-state index < -0.39 is 0 Å². The molecule has 0 bridgehead atoms. The number of benzene rings is 1. The highest BCUT2D eigenvalue weighted by molar-refractivity contribution is 9.09. The van der Waals surface area contributed by atoms with Crippen molar-refractivity contribution in [2.45, 2.75) is 13.8 Å². The SMILES string of the molecule is CC(C)C=C(NOCCBr)c1ccccc1. The lowest BCUT2D eigenvalue weighted by molar-refractivity contribution is 0.0924. The van der Waals surface area contributed by atoms with Gasteiger partial charge in [0.25, 0.3) is 0 Å². The van der Waals surface area contributed by atoms with Gasteiger partial charge in [-0.2, -0.15) is 0 Å². The first-order valence-corrected chi connectivity index (χ1v) is 6.57. The van der Waals surface area contributed by atoms with Crippen LogP contribution in [0.4, 0.5) is 0 Å². The maximum Gasteiger partial charge on any atom is 0.0842 e. The molecule has 16 heavy (non-hydrogen) atoms. The topological polar surface area (TPSA) is 21.3 Å². The lowest BCUT2D eigenvalue weighted by atomic mass is 10.1. The first-order valence-electron chi connectivity index (χ1n) is 5.45. The van der Waals surface area contributed by atoms with Gasteiger partial charge >= 0.3 is 0 Å². The Morgan fingerprint density at radius 1 is 1.38 bits per heavy atom. The van der Waals surface area contributed by atoms with E-state index in [-0.39, 0.29) is 0 Å². The molecule has 3 heteroatoms. The standard InChI is InChI=1S/C13H18BrNO/c1-11(2)10-13(15-16-9-8-14)12-6-4-3-5-7-12/h3-7,10-11,15H,8-9H2,1-2H3. The van der Waals surface area contributed by atoms with Crippen molar-refractivity contribution < 1.29 is 4.84 Å². The fourth-order valence-electron chi connectivity index (χ4n) is 1.31. The molecule has 0 radical (unpaired) electrons. The molecule has 0 aliphatic carbocycles. The van der Waals surface area contributed by atoms with E-state index >= 15 is 0 Å². The van der Waals surface area contributed by atoms with Gasteiger partial charge in [0.05, 0.1) is 12.3 Å². The second-order valence-corrected chi connectivity index (χ2v) is 4.62. The van der Waals surface area contributed by atoms with Crippen molar-refractivity contribution in [3.05, 3.63) is 42.0 Å². The number of hydrogen-bond acceptors (Lipinski definition) is 2. The van der Waals surface area contributed by atoms with Crippen LogP contribution >= 0.6 is 15.9 Å². The van der Waals surface area contributed by atoms with E-state index in [4.69, 9.17) is 4.84 Å². The molecule has 1 rings (SSSR count). The molecule has 0 saturated carbocycles. The summed E-state index contributed by atoms with van der Waals surface area (Å²) in [5.74, 6) is 0.482. The van der Waals surface area contributed by atoms with Gasteiger partial charge in [-0.25, -0.2) is 0 Å². The maximum absolute atomic E-state index is 5.34. The van der Waals surface area contributed by atoms with E-state index in [0.29, 0.717) is 12.5 Å². The molecule has 2 nitrogen and oxygen atoms in total. The predicted molar refractivity (Wildman–Crippen MR) is 72.1 cm³/mol. The number of nitrogens with one attached hydrogen (secondary N) is 1. The van der Waals surface area contributed by atoms with Crippen LogP contribution in [0.1, 0.15) is 19.4 Å². The average Bonchev–Trinajstić information content (AvgIpc) is 2.29. The van der Waals surface area contributed by atoms with E-state index in [1.54, 1.807) is 0 Å². The third-order valence-electron chi connectivity index (χ3n) is 1.95. The summed E-state index contributed by atoms with van der Waals surface area (Å²) in [7, 11) is 0. The van der Waals surface area contributed by atoms with Gasteiger partial charge in [0, 0.05) is 5.33 Å². The van der Waals surface area contributed by atoms with Gasteiger partial charge in [0.2, 0.25) is 0 Å². The summed E-state index contributed by atoms with van der Waals surface area (Å²) in [4.78, 5) is 5.34. The number of halogens is 1. The van der Waals surface area contributed by atoms with Crippen molar-refractivity contribution >= 4 is 21.6 Å². The van der Waals surface area contributed by atoms with Gasteiger partial charge in [0.1, 0.15) is 0 Å². The first kappa shape index (κ1) is 13.3. The Hall–Kier alpha value is -0.800. The van der Waals surface area contributed by atoms with E-state index in [2.05, 4.69) is 53.5 Å². The summed E-state index contributed by atoms with van der Waals surface area (Å²) in [5, 5.41) is 0.823. The summed E-state index contributed by atoms with van der Waals surface area (Å²) < 4.78 is 0. The number of alkyl halides is 1. The Balaban J connectivity index is 2.72. The smallest absolute Gasteiger partial charge is 0.0842 e. The molecule has 0 aromatic heterocycles. The molecule has 1 aromatic rings. The van der Waals surface area contributed by atoms with E-state index in [9.17, 15) is 0 Å². The van der Waals surface area contributed by atoms with Crippen LogP contribution in [-0.4, -0.2) is 11.9 Å². The van der Waals surface area contributed by atoms with E-state index in [1.165, 1.54) is 0 Å². The van der Waals surface area contributed by atoms with Crippen molar-refractivity contribution in [2.75, 3.05) is 11.9 Å². The number of rotatable bonds is 6. The Bertz CT molecular complexity index is 322. The molecule has 0 heterocycles. The molecular weight excluding hydrogens is 266 g/mol. The summed E-state index contributed by atoms with van der Waals surface area (Å²) in [6.07, 6.45) is 2.16. The fraction of sp³-hybridized carbons (Fsp3) is 0.385. The van der Waals surface area contributed by atoms with Crippen LogP contribution in [0.15, 0.2) is 36.4 Å². The van der Waals surface area contributed by atoms with Crippen molar-refractivity contribution in [1.82, 2.24) is 5.48 Å². The molecule has 0 atom stereocenters. The summed E-state index contributed by atoms with van der Waals surface area (Å²) >= 11 is 3.32. The van der Waals surface area contributed by atoms with Crippen LogP contribution < -0.4 is 5.48 Å². The molecule has 0 fully saturated rings. The Labute approximate surface area is 106 Å². The molecule has 0 unspecified atom stereocenters. The van der Waals surface area contributed by atoms with Gasteiger partial charge < -0.3 is 0 Å². The van der Waals surface area contributed by atoms with Crippen molar-refractivity contribution in [2.24, 2.45) is 5.92 Å². The van der Waals surface area contributed by atoms with E-state index in [1.807, 2.05) is 18.2 Å². The van der Waals surface area contributed by atoms with Gasteiger partial charge in [-0.1, -0.05) is 66.2 Å². The molecule has 0 aliphatic rings. The number of allylic oxidation sites excluding steroid dienone is 1. The van der Waals surface area contributed by atoms with Crippen LogP contribution in [0.2, 0.25) is 0 Å². The predicted octanol–water partition coefficient (Wildman–Crippen LogP) is 3.60. The second-order valence-electron chi connectivity index (χ2n) is 3.83. The normalized spacial score (nSPS) is 11.9. The minimum atomic E-state index is 0.482. The summed E-state index contributed by atoms with van der Waals surface area (Å²) in [6.45, 7) is 4.94. The molecule has 88 valence electrons. The summed E-state index contributed by atoms with van der Waals surface area (Å²) in [5.41, 5.74) is 5.17. The molecule has 1 aromatic carbocycles. The zero-order valence-electron chi connectivity index (χ0n) is 9.74. The van der Waals surface area contributed by atoms with Crippen LogP contribution in [0.5, 0.6) is 0 Å². The zero-order chi connectivity index (χ0) is 11.8. The molecule has 0 aliphatic heterocycles. The highest BCUT2D eigenvalue weighted by Crippen LogP contribution is 2.13. The van der Waals surface area contributed by atoms with Crippen molar-refractivity contribution in [3.63, 3.8) is 0 Å². The Morgan fingerprint density at radius 2 is 2.06 bits per heavy atom. The van der Waals surface area contributed by atoms with Crippen LogP contribution in [0.3, 0.4) is 0 Å². The average molecular weight is 284 g/mol. The zero-order valence-corrected chi connectivity index (χ0v) is 11.3.